The molecule has 0 saturated carbocycles. The van der Waals surface area contributed by atoms with E-state index in [1.54, 1.807) is 17.5 Å². The summed E-state index contributed by atoms with van der Waals surface area (Å²) < 4.78 is 1.28. The molecule has 3 aromatic rings. The number of aliphatic carboxylic acids is 1. The summed E-state index contributed by atoms with van der Waals surface area (Å²) in [7, 11) is 0. The van der Waals surface area contributed by atoms with E-state index in [4.69, 9.17) is 0 Å². The lowest BCUT2D eigenvalue weighted by Gasteiger charge is -2.36. The van der Waals surface area contributed by atoms with Crippen LogP contribution in [0.4, 0.5) is 0 Å². The van der Waals surface area contributed by atoms with E-state index >= 15 is 0 Å². The molecule has 0 spiro atoms. The predicted octanol–water partition coefficient (Wildman–Crippen LogP) is 4.18. The van der Waals surface area contributed by atoms with E-state index in [9.17, 15) is 9.90 Å². The summed E-state index contributed by atoms with van der Waals surface area (Å²) in [6, 6.07) is 12.7. The molecule has 128 valence electrons. The van der Waals surface area contributed by atoms with Crippen LogP contribution >= 0.6 is 11.3 Å². The summed E-state index contributed by atoms with van der Waals surface area (Å²) in [6.45, 7) is 1.58. The van der Waals surface area contributed by atoms with Gasteiger partial charge in [0.2, 0.25) is 0 Å². The Morgan fingerprint density at radius 3 is 2.72 bits per heavy atom. The minimum absolute atomic E-state index is 0.125. The van der Waals surface area contributed by atoms with Gasteiger partial charge in [-0.1, -0.05) is 24.3 Å². The number of thiophene rings is 1. The van der Waals surface area contributed by atoms with Crippen LogP contribution in [0.5, 0.6) is 0 Å². The molecule has 1 aliphatic heterocycles. The molecule has 2 aromatic heterocycles. The molecule has 0 radical (unpaired) electrons. The third-order valence-corrected chi connectivity index (χ3v) is 6.03. The van der Waals surface area contributed by atoms with Crippen molar-refractivity contribution < 1.29 is 9.90 Å². The second-order valence-electron chi connectivity index (χ2n) is 6.52. The van der Waals surface area contributed by atoms with Crippen LogP contribution in [0.3, 0.4) is 0 Å². The Morgan fingerprint density at radius 1 is 1.20 bits per heavy atom. The van der Waals surface area contributed by atoms with Crippen molar-refractivity contribution in [1.29, 1.82) is 0 Å². The van der Waals surface area contributed by atoms with Crippen molar-refractivity contribution >= 4 is 27.4 Å². The maximum absolute atomic E-state index is 11.3. The summed E-state index contributed by atoms with van der Waals surface area (Å²) in [6.07, 6.45) is 5.13. The SMILES string of the molecule is O=C(O)C1CCN(C(c2cccnc2)c2csc3ccccc23)CC1. The first kappa shape index (κ1) is 16.2. The lowest BCUT2D eigenvalue weighted by atomic mass is 9.92. The number of fused-ring (bicyclic) bond motifs is 1. The van der Waals surface area contributed by atoms with Crippen LogP contribution in [0, 0.1) is 5.92 Å². The van der Waals surface area contributed by atoms with Crippen molar-refractivity contribution in [3.8, 4) is 0 Å². The van der Waals surface area contributed by atoms with Crippen LogP contribution in [-0.4, -0.2) is 34.0 Å². The van der Waals surface area contributed by atoms with Crippen molar-refractivity contribution in [3.63, 3.8) is 0 Å². The van der Waals surface area contributed by atoms with E-state index in [1.165, 1.54) is 21.2 Å². The Labute approximate surface area is 150 Å². The highest BCUT2D eigenvalue weighted by Crippen LogP contribution is 2.38. The number of pyridine rings is 1. The van der Waals surface area contributed by atoms with Crippen molar-refractivity contribution in [2.24, 2.45) is 5.92 Å². The summed E-state index contributed by atoms with van der Waals surface area (Å²) >= 11 is 1.77. The minimum atomic E-state index is -0.668. The third-order valence-electron chi connectivity index (χ3n) is 5.05. The molecule has 1 fully saturated rings. The van der Waals surface area contributed by atoms with Gasteiger partial charge in [0.15, 0.2) is 0 Å². The molecule has 4 rings (SSSR count). The molecule has 1 atom stereocenters. The first-order valence-electron chi connectivity index (χ1n) is 8.57. The Morgan fingerprint density at radius 2 is 2.00 bits per heavy atom. The molecule has 1 N–H and O–H groups in total. The number of hydrogen-bond donors (Lipinski definition) is 1. The van der Waals surface area contributed by atoms with E-state index in [2.05, 4.69) is 45.6 Å². The van der Waals surface area contributed by atoms with Gasteiger partial charge in [-0.3, -0.25) is 14.7 Å². The Hall–Kier alpha value is -2.24. The summed E-state index contributed by atoms with van der Waals surface area (Å²) in [5.41, 5.74) is 2.46. The highest BCUT2D eigenvalue weighted by Gasteiger charge is 2.31. The van der Waals surface area contributed by atoms with Gasteiger partial charge >= 0.3 is 5.97 Å². The van der Waals surface area contributed by atoms with Gasteiger partial charge < -0.3 is 5.11 Å². The first-order chi connectivity index (χ1) is 12.2. The van der Waals surface area contributed by atoms with E-state index < -0.39 is 5.97 Å². The number of benzene rings is 1. The number of rotatable bonds is 4. The molecule has 1 aromatic carbocycles. The molecule has 25 heavy (non-hydrogen) atoms. The molecular formula is C20H20N2O2S. The normalized spacial score (nSPS) is 17.6. The number of carbonyl (C=O) groups is 1. The highest BCUT2D eigenvalue weighted by molar-refractivity contribution is 7.17. The fraction of sp³-hybridized carbons (Fsp3) is 0.300. The summed E-state index contributed by atoms with van der Waals surface area (Å²) in [4.78, 5) is 18.0. The minimum Gasteiger partial charge on any atom is -0.481 e. The molecule has 1 saturated heterocycles. The predicted molar refractivity (Wildman–Crippen MR) is 99.8 cm³/mol. The average Bonchev–Trinajstić information content (AvgIpc) is 3.07. The molecular weight excluding hydrogens is 332 g/mol. The van der Waals surface area contributed by atoms with Gasteiger partial charge in [0.25, 0.3) is 0 Å². The lowest BCUT2D eigenvalue weighted by Crippen LogP contribution is -2.39. The van der Waals surface area contributed by atoms with Gasteiger partial charge in [-0.2, -0.15) is 0 Å². The van der Waals surface area contributed by atoms with E-state index in [0.717, 1.165) is 13.1 Å². The first-order valence-corrected chi connectivity index (χ1v) is 9.45. The molecule has 5 heteroatoms. The van der Waals surface area contributed by atoms with Gasteiger partial charge in [-0.25, -0.2) is 0 Å². The quantitative estimate of drug-likeness (QED) is 0.765. The fourth-order valence-corrected chi connectivity index (χ4v) is 4.72. The topological polar surface area (TPSA) is 53.4 Å². The highest BCUT2D eigenvalue weighted by atomic mass is 32.1. The standard InChI is InChI=1S/C20H20N2O2S/c23-20(24)14-7-10-22(11-8-14)19(15-4-3-9-21-12-15)17-13-25-18-6-2-1-5-16(17)18/h1-6,9,12-14,19H,7-8,10-11H2,(H,23,24). The van der Waals surface area contributed by atoms with Crippen LogP contribution < -0.4 is 0 Å². The lowest BCUT2D eigenvalue weighted by molar-refractivity contribution is -0.143. The van der Waals surface area contributed by atoms with Gasteiger partial charge in [-0.05, 0) is 60.0 Å². The maximum atomic E-state index is 11.3. The molecule has 1 aliphatic rings. The number of carboxylic acids is 1. The third kappa shape index (κ3) is 3.17. The van der Waals surface area contributed by atoms with E-state index in [-0.39, 0.29) is 12.0 Å². The van der Waals surface area contributed by atoms with Crippen molar-refractivity contribution in [3.05, 3.63) is 65.3 Å². The van der Waals surface area contributed by atoms with Gasteiger partial charge in [0.05, 0.1) is 12.0 Å². The average molecular weight is 352 g/mol. The van der Waals surface area contributed by atoms with Crippen LogP contribution in [0.15, 0.2) is 54.2 Å². The molecule has 0 bridgehead atoms. The van der Waals surface area contributed by atoms with Crippen LogP contribution in [0.1, 0.15) is 30.0 Å². The van der Waals surface area contributed by atoms with Crippen LogP contribution in [0.2, 0.25) is 0 Å². The van der Waals surface area contributed by atoms with Crippen molar-refractivity contribution in [1.82, 2.24) is 9.88 Å². The number of likely N-dealkylation sites (tertiary alicyclic amines) is 1. The second kappa shape index (κ2) is 6.94. The molecule has 0 aliphatic carbocycles. The van der Waals surface area contributed by atoms with Gasteiger partial charge in [0, 0.05) is 17.1 Å². The summed E-state index contributed by atoms with van der Waals surface area (Å²) in [5.74, 6) is -0.886. The molecule has 3 heterocycles. The maximum Gasteiger partial charge on any atom is 0.306 e. The zero-order valence-corrected chi connectivity index (χ0v) is 14.7. The van der Waals surface area contributed by atoms with Gasteiger partial charge in [-0.15, -0.1) is 11.3 Å². The van der Waals surface area contributed by atoms with Gasteiger partial charge in [0.1, 0.15) is 0 Å². The molecule has 1 unspecified atom stereocenters. The number of piperidine rings is 1. The number of aromatic nitrogens is 1. The molecule has 4 nitrogen and oxygen atoms in total. The Kier molecular flexibility index (Phi) is 4.51. The Balaban J connectivity index is 1.72. The van der Waals surface area contributed by atoms with Crippen LogP contribution in [-0.2, 0) is 4.79 Å². The van der Waals surface area contributed by atoms with E-state index in [0.29, 0.717) is 12.8 Å². The monoisotopic (exact) mass is 352 g/mol. The smallest absolute Gasteiger partial charge is 0.306 e. The number of carboxylic acid groups (broad SMARTS) is 1. The molecule has 0 amide bonds. The second-order valence-corrected chi connectivity index (χ2v) is 7.44. The fourth-order valence-electron chi connectivity index (χ4n) is 3.74. The largest absolute Gasteiger partial charge is 0.481 e. The zero-order valence-electron chi connectivity index (χ0n) is 13.8. The Bertz CT molecular complexity index is 870. The number of nitrogens with zero attached hydrogens (tertiary/aromatic N) is 2. The van der Waals surface area contributed by atoms with E-state index in [1.807, 2.05) is 12.3 Å². The summed E-state index contributed by atoms with van der Waals surface area (Å²) in [5, 5.41) is 12.8. The zero-order chi connectivity index (χ0) is 17.2. The van der Waals surface area contributed by atoms with Crippen LogP contribution in [0.25, 0.3) is 10.1 Å². The van der Waals surface area contributed by atoms with Crippen molar-refractivity contribution in [2.45, 2.75) is 18.9 Å². The number of hydrogen-bond acceptors (Lipinski definition) is 4. The van der Waals surface area contributed by atoms with Crippen molar-refractivity contribution in [2.75, 3.05) is 13.1 Å².